The summed E-state index contributed by atoms with van der Waals surface area (Å²) in [5.41, 5.74) is 0. The van der Waals surface area contributed by atoms with E-state index in [-0.39, 0.29) is 24.9 Å². The van der Waals surface area contributed by atoms with Crippen LogP contribution in [0.1, 0.15) is 13.8 Å². The third-order valence-corrected chi connectivity index (χ3v) is 2.25. The molecule has 1 rings (SSSR count). The third kappa shape index (κ3) is 5.35. The van der Waals surface area contributed by atoms with Crippen LogP contribution in [0.15, 0.2) is 30.3 Å². The topological polar surface area (TPSA) is 22.9 Å². The Balaban J connectivity index is 0.00000225. The first-order valence-electron chi connectivity index (χ1n) is 5.27. The summed E-state index contributed by atoms with van der Waals surface area (Å²) in [7, 11) is 4.11. The maximum Gasteiger partial charge on any atom is 0.202 e. The Kier molecular flexibility index (Phi) is 7.13. The van der Waals surface area contributed by atoms with Gasteiger partial charge in [-0.1, -0.05) is 18.2 Å². The molecular formula is C12H20ClNO2. The second kappa shape index (κ2) is 7.49. The molecule has 0 heterocycles. The SMILES string of the molecule is CC(Oc1ccccc1)OC(C)[NH+](C)C.[Cl-]. The zero-order valence-electron chi connectivity index (χ0n) is 10.2. The van der Waals surface area contributed by atoms with Gasteiger partial charge in [0, 0.05) is 6.92 Å². The molecule has 0 aliphatic carbocycles. The van der Waals surface area contributed by atoms with Crippen molar-refractivity contribution >= 4 is 0 Å². The molecule has 0 radical (unpaired) electrons. The normalized spacial score (nSPS) is 14.1. The van der Waals surface area contributed by atoms with Crippen LogP contribution in [0.4, 0.5) is 0 Å². The van der Waals surface area contributed by atoms with Crippen LogP contribution in [0.5, 0.6) is 5.75 Å². The molecule has 1 aromatic rings. The molecule has 3 nitrogen and oxygen atoms in total. The summed E-state index contributed by atoms with van der Waals surface area (Å²) in [6.45, 7) is 3.94. The van der Waals surface area contributed by atoms with E-state index >= 15 is 0 Å². The number of para-hydroxylation sites is 1. The molecule has 0 fully saturated rings. The highest BCUT2D eigenvalue weighted by Crippen LogP contribution is 2.11. The zero-order valence-corrected chi connectivity index (χ0v) is 11.0. The summed E-state index contributed by atoms with van der Waals surface area (Å²) in [5.74, 6) is 0.839. The van der Waals surface area contributed by atoms with E-state index in [9.17, 15) is 0 Å². The van der Waals surface area contributed by atoms with Crippen LogP contribution in [-0.4, -0.2) is 26.6 Å². The van der Waals surface area contributed by atoms with Crippen LogP contribution in [-0.2, 0) is 4.74 Å². The van der Waals surface area contributed by atoms with E-state index in [4.69, 9.17) is 9.47 Å². The van der Waals surface area contributed by atoms with Crippen molar-refractivity contribution < 1.29 is 26.8 Å². The molecule has 1 N–H and O–H groups in total. The predicted octanol–water partition coefficient (Wildman–Crippen LogP) is -2.08. The Hall–Kier alpha value is -0.770. The van der Waals surface area contributed by atoms with Crippen molar-refractivity contribution in [1.29, 1.82) is 0 Å². The minimum absolute atomic E-state index is 0. The molecule has 2 unspecified atom stereocenters. The Morgan fingerprint density at radius 1 is 1.06 bits per heavy atom. The number of quaternary nitrogens is 1. The largest absolute Gasteiger partial charge is 1.00 e. The molecular weight excluding hydrogens is 226 g/mol. The number of ether oxygens (including phenoxy) is 2. The van der Waals surface area contributed by atoms with Crippen molar-refractivity contribution in [2.75, 3.05) is 14.1 Å². The minimum atomic E-state index is -0.225. The summed E-state index contributed by atoms with van der Waals surface area (Å²) >= 11 is 0. The number of benzene rings is 1. The summed E-state index contributed by atoms with van der Waals surface area (Å²) in [5, 5.41) is 0. The second-order valence-electron chi connectivity index (χ2n) is 3.85. The Labute approximate surface area is 104 Å². The minimum Gasteiger partial charge on any atom is -1.00 e. The maximum atomic E-state index is 5.66. The van der Waals surface area contributed by atoms with Crippen molar-refractivity contribution in [3.63, 3.8) is 0 Å². The van der Waals surface area contributed by atoms with Gasteiger partial charge in [0.1, 0.15) is 5.75 Å². The van der Waals surface area contributed by atoms with Gasteiger partial charge in [0.25, 0.3) is 0 Å². The van der Waals surface area contributed by atoms with Crippen LogP contribution < -0.4 is 22.0 Å². The van der Waals surface area contributed by atoms with Crippen LogP contribution in [0.2, 0.25) is 0 Å². The number of halogens is 1. The van der Waals surface area contributed by atoms with E-state index < -0.39 is 0 Å². The summed E-state index contributed by atoms with van der Waals surface area (Å²) in [6.07, 6.45) is -0.0963. The quantitative estimate of drug-likeness (QED) is 0.602. The average molecular weight is 246 g/mol. The van der Waals surface area contributed by atoms with Crippen LogP contribution in [0, 0.1) is 0 Å². The van der Waals surface area contributed by atoms with E-state index in [1.165, 1.54) is 4.90 Å². The average Bonchev–Trinajstić information content (AvgIpc) is 2.18. The predicted molar refractivity (Wildman–Crippen MR) is 59.9 cm³/mol. The first-order valence-corrected chi connectivity index (χ1v) is 5.27. The monoisotopic (exact) mass is 245 g/mol. The van der Waals surface area contributed by atoms with Gasteiger partial charge in [0.2, 0.25) is 6.29 Å². The molecule has 2 atom stereocenters. The molecule has 0 spiro atoms. The Morgan fingerprint density at radius 3 is 2.12 bits per heavy atom. The molecule has 0 aliphatic rings. The lowest BCUT2D eigenvalue weighted by atomic mass is 10.3. The summed E-state index contributed by atoms with van der Waals surface area (Å²) in [6, 6.07) is 9.70. The Morgan fingerprint density at radius 2 is 1.62 bits per heavy atom. The fourth-order valence-corrected chi connectivity index (χ4v) is 1.14. The molecule has 0 bridgehead atoms. The summed E-state index contributed by atoms with van der Waals surface area (Å²) in [4.78, 5) is 1.25. The van der Waals surface area contributed by atoms with Crippen LogP contribution >= 0.6 is 0 Å². The Bertz CT molecular complexity index is 280. The summed E-state index contributed by atoms with van der Waals surface area (Å²) < 4.78 is 11.3. The van der Waals surface area contributed by atoms with Crippen molar-refractivity contribution in [2.45, 2.75) is 26.4 Å². The van der Waals surface area contributed by atoms with E-state index in [0.29, 0.717) is 0 Å². The first-order chi connectivity index (χ1) is 7.09. The van der Waals surface area contributed by atoms with E-state index in [1.807, 2.05) is 44.2 Å². The standard InChI is InChI=1S/C12H19NO2.ClH/c1-10(13(3)4)14-11(2)15-12-8-6-5-7-9-12;/h5-11H,1-4H3;1H. The van der Waals surface area contributed by atoms with E-state index in [1.54, 1.807) is 0 Å². The molecule has 0 saturated carbocycles. The fraction of sp³-hybridized carbons (Fsp3) is 0.500. The van der Waals surface area contributed by atoms with Crippen molar-refractivity contribution in [3.8, 4) is 5.75 Å². The molecule has 0 saturated heterocycles. The van der Waals surface area contributed by atoms with Crippen molar-refractivity contribution in [3.05, 3.63) is 30.3 Å². The smallest absolute Gasteiger partial charge is 0.202 e. The molecule has 0 amide bonds. The van der Waals surface area contributed by atoms with Gasteiger partial charge in [-0.05, 0) is 19.1 Å². The van der Waals surface area contributed by atoms with Gasteiger partial charge < -0.3 is 22.0 Å². The number of hydrogen-bond donors (Lipinski definition) is 1. The molecule has 4 heteroatoms. The molecule has 0 aliphatic heterocycles. The highest BCUT2D eigenvalue weighted by Gasteiger charge is 2.13. The van der Waals surface area contributed by atoms with Gasteiger partial charge in [-0.25, -0.2) is 0 Å². The van der Waals surface area contributed by atoms with Gasteiger partial charge in [-0.15, -0.1) is 0 Å². The molecule has 0 aromatic heterocycles. The first kappa shape index (κ1) is 15.2. The van der Waals surface area contributed by atoms with E-state index in [2.05, 4.69) is 14.1 Å². The molecule has 16 heavy (non-hydrogen) atoms. The second-order valence-corrected chi connectivity index (χ2v) is 3.85. The van der Waals surface area contributed by atoms with Crippen molar-refractivity contribution in [2.24, 2.45) is 0 Å². The fourth-order valence-electron chi connectivity index (χ4n) is 1.14. The van der Waals surface area contributed by atoms with Crippen LogP contribution in [0.25, 0.3) is 0 Å². The van der Waals surface area contributed by atoms with Gasteiger partial charge >= 0.3 is 0 Å². The number of nitrogens with one attached hydrogen (secondary N) is 1. The third-order valence-electron chi connectivity index (χ3n) is 2.25. The molecule has 1 aromatic carbocycles. The lowest BCUT2D eigenvalue weighted by Gasteiger charge is -2.22. The number of rotatable bonds is 5. The highest BCUT2D eigenvalue weighted by atomic mass is 35.5. The van der Waals surface area contributed by atoms with Crippen LogP contribution in [0.3, 0.4) is 0 Å². The van der Waals surface area contributed by atoms with Gasteiger partial charge in [-0.3, -0.25) is 4.74 Å². The van der Waals surface area contributed by atoms with Gasteiger partial charge in [-0.2, -0.15) is 0 Å². The lowest BCUT2D eigenvalue weighted by molar-refractivity contribution is -0.910. The number of hydrogen-bond acceptors (Lipinski definition) is 2. The zero-order chi connectivity index (χ0) is 11.3. The molecule has 92 valence electrons. The lowest BCUT2D eigenvalue weighted by Crippen LogP contribution is -3.10. The highest BCUT2D eigenvalue weighted by molar-refractivity contribution is 5.20. The van der Waals surface area contributed by atoms with Gasteiger partial charge in [0.15, 0.2) is 6.23 Å². The van der Waals surface area contributed by atoms with Gasteiger partial charge in [0.05, 0.1) is 14.1 Å². The maximum absolute atomic E-state index is 5.66. The van der Waals surface area contributed by atoms with Crippen molar-refractivity contribution in [1.82, 2.24) is 0 Å². The van der Waals surface area contributed by atoms with E-state index in [0.717, 1.165) is 5.75 Å².